The van der Waals surface area contributed by atoms with Crippen molar-refractivity contribution in [1.29, 1.82) is 0 Å². The van der Waals surface area contributed by atoms with Crippen LogP contribution in [0.5, 0.6) is 11.5 Å². The Morgan fingerprint density at radius 3 is 2.68 bits per heavy atom. The number of rotatable bonds is 4. The molecule has 0 spiro atoms. The van der Waals surface area contributed by atoms with Crippen LogP contribution in [0.4, 0.5) is 0 Å². The van der Waals surface area contributed by atoms with Crippen molar-refractivity contribution in [1.82, 2.24) is 0 Å². The molecule has 2 heteroatoms. The second-order valence-corrected chi connectivity index (χ2v) is 4.40. The Morgan fingerprint density at radius 1 is 0.947 bits per heavy atom. The van der Waals surface area contributed by atoms with Gasteiger partial charge in [-0.15, -0.1) is 0 Å². The van der Waals surface area contributed by atoms with Gasteiger partial charge < -0.3 is 9.47 Å². The molecule has 0 atom stereocenters. The molecule has 3 rings (SSSR count). The molecule has 0 N–H and O–H groups in total. The molecule has 2 aromatic carbocycles. The van der Waals surface area contributed by atoms with Crippen molar-refractivity contribution in [2.45, 2.75) is 6.42 Å². The van der Waals surface area contributed by atoms with Gasteiger partial charge in [0.25, 0.3) is 0 Å². The predicted molar refractivity (Wildman–Crippen MR) is 76.0 cm³/mol. The van der Waals surface area contributed by atoms with Crippen molar-refractivity contribution < 1.29 is 9.47 Å². The van der Waals surface area contributed by atoms with E-state index in [2.05, 4.69) is 36.8 Å². The first-order valence-electron chi connectivity index (χ1n) is 6.35. The summed E-state index contributed by atoms with van der Waals surface area (Å²) >= 11 is 0. The Bertz CT molecular complexity index is 573. The van der Waals surface area contributed by atoms with Crippen molar-refractivity contribution in [2.75, 3.05) is 6.79 Å². The van der Waals surface area contributed by atoms with E-state index < -0.39 is 0 Å². The largest absolute Gasteiger partial charge is 0.454 e. The number of fused-ring (bicyclic) bond motifs is 1. The lowest BCUT2D eigenvalue weighted by molar-refractivity contribution is 0.174. The zero-order valence-corrected chi connectivity index (χ0v) is 10.6. The first-order valence-corrected chi connectivity index (χ1v) is 6.35. The van der Waals surface area contributed by atoms with E-state index >= 15 is 0 Å². The van der Waals surface area contributed by atoms with Crippen LogP contribution in [0.15, 0.2) is 54.6 Å². The second-order valence-electron chi connectivity index (χ2n) is 4.40. The Morgan fingerprint density at radius 2 is 1.79 bits per heavy atom. The summed E-state index contributed by atoms with van der Waals surface area (Å²) in [6.07, 6.45) is 7.22. The van der Waals surface area contributed by atoms with Crippen LogP contribution in [0, 0.1) is 6.42 Å². The van der Waals surface area contributed by atoms with Gasteiger partial charge in [0, 0.05) is 0 Å². The van der Waals surface area contributed by atoms with Gasteiger partial charge in [0.1, 0.15) is 0 Å². The summed E-state index contributed by atoms with van der Waals surface area (Å²) in [5, 5.41) is 0. The van der Waals surface area contributed by atoms with Crippen LogP contribution in [-0.4, -0.2) is 6.79 Å². The fraction of sp³-hybridized carbons (Fsp3) is 0.118. The molecule has 0 fully saturated rings. The number of ether oxygens (including phenoxy) is 2. The van der Waals surface area contributed by atoms with Gasteiger partial charge in [-0.2, -0.15) is 0 Å². The second kappa shape index (κ2) is 5.61. The van der Waals surface area contributed by atoms with E-state index in [0.717, 1.165) is 17.9 Å². The minimum absolute atomic E-state index is 0.330. The topological polar surface area (TPSA) is 18.5 Å². The standard InChI is InChI=1S/C17H15O2/c1-2-6-14(7-3-1)8-4-5-9-15-10-11-16-17(12-15)19-13-18-16/h1-8,10-12H,9,13H2. The van der Waals surface area contributed by atoms with Crippen LogP contribution in [0.2, 0.25) is 0 Å². The van der Waals surface area contributed by atoms with E-state index in [9.17, 15) is 0 Å². The third-order valence-electron chi connectivity index (χ3n) is 3.01. The molecule has 0 unspecified atom stereocenters. The molecular formula is C17H15O2. The monoisotopic (exact) mass is 251 g/mol. The molecule has 0 amide bonds. The van der Waals surface area contributed by atoms with Gasteiger partial charge in [-0.25, -0.2) is 0 Å². The molecule has 0 saturated carbocycles. The highest BCUT2D eigenvalue weighted by Crippen LogP contribution is 2.32. The summed E-state index contributed by atoms with van der Waals surface area (Å²) in [6, 6.07) is 16.3. The minimum atomic E-state index is 0.330. The summed E-state index contributed by atoms with van der Waals surface area (Å²) in [6.45, 7) is 0.330. The molecule has 0 saturated heterocycles. The average Bonchev–Trinajstić information content (AvgIpc) is 2.92. The third kappa shape index (κ3) is 2.97. The van der Waals surface area contributed by atoms with Crippen LogP contribution < -0.4 is 9.47 Å². The van der Waals surface area contributed by atoms with Gasteiger partial charge >= 0.3 is 0 Å². The Hall–Kier alpha value is -2.22. The molecule has 0 aliphatic carbocycles. The van der Waals surface area contributed by atoms with Gasteiger partial charge in [-0.1, -0.05) is 48.6 Å². The molecule has 1 aliphatic rings. The van der Waals surface area contributed by atoms with Gasteiger partial charge in [0.05, 0.1) is 0 Å². The van der Waals surface area contributed by atoms with Crippen molar-refractivity contribution in [2.24, 2.45) is 0 Å². The maximum absolute atomic E-state index is 5.36. The Labute approximate surface area is 113 Å². The van der Waals surface area contributed by atoms with Crippen LogP contribution in [-0.2, 0) is 6.42 Å². The van der Waals surface area contributed by atoms with Crippen molar-refractivity contribution in [3.8, 4) is 11.5 Å². The van der Waals surface area contributed by atoms with Crippen LogP contribution in [0.1, 0.15) is 11.1 Å². The molecular weight excluding hydrogens is 236 g/mol. The van der Waals surface area contributed by atoms with E-state index in [-0.39, 0.29) is 0 Å². The highest BCUT2D eigenvalue weighted by atomic mass is 16.7. The van der Waals surface area contributed by atoms with Crippen LogP contribution in [0.25, 0.3) is 6.08 Å². The van der Waals surface area contributed by atoms with E-state index in [1.165, 1.54) is 11.1 Å². The van der Waals surface area contributed by atoms with Crippen molar-refractivity contribution >= 4 is 6.08 Å². The molecule has 1 heterocycles. The molecule has 1 radical (unpaired) electrons. The normalized spacial score (nSPS) is 13.1. The molecule has 0 aromatic heterocycles. The zero-order chi connectivity index (χ0) is 12.9. The molecule has 2 aromatic rings. The lowest BCUT2D eigenvalue weighted by Crippen LogP contribution is -1.92. The number of hydrogen-bond acceptors (Lipinski definition) is 2. The Balaban J connectivity index is 1.57. The Kier molecular flexibility index (Phi) is 3.50. The number of hydrogen-bond donors (Lipinski definition) is 0. The molecule has 95 valence electrons. The van der Waals surface area contributed by atoms with Gasteiger partial charge in [-0.05, 0) is 36.1 Å². The van der Waals surface area contributed by atoms with Gasteiger partial charge in [-0.3, -0.25) is 0 Å². The van der Waals surface area contributed by atoms with E-state index in [4.69, 9.17) is 9.47 Å². The number of allylic oxidation sites excluding steroid dienone is 1. The summed E-state index contributed by atoms with van der Waals surface area (Å²) in [5.74, 6) is 1.68. The quantitative estimate of drug-likeness (QED) is 0.821. The predicted octanol–water partition coefficient (Wildman–Crippen LogP) is 3.88. The third-order valence-corrected chi connectivity index (χ3v) is 3.01. The zero-order valence-electron chi connectivity index (χ0n) is 10.6. The summed E-state index contributed by atoms with van der Waals surface area (Å²) in [7, 11) is 0. The number of benzene rings is 2. The fourth-order valence-electron chi connectivity index (χ4n) is 2.02. The molecule has 19 heavy (non-hydrogen) atoms. The first-order chi connectivity index (χ1) is 9.42. The average molecular weight is 251 g/mol. The highest BCUT2D eigenvalue weighted by molar-refractivity contribution is 5.50. The lowest BCUT2D eigenvalue weighted by Gasteiger charge is -2.00. The smallest absolute Gasteiger partial charge is 0.231 e. The van der Waals surface area contributed by atoms with E-state index in [1.54, 1.807) is 0 Å². The summed E-state index contributed by atoms with van der Waals surface area (Å²) in [5.41, 5.74) is 2.44. The van der Waals surface area contributed by atoms with Gasteiger partial charge in [0.15, 0.2) is 11.5 Å². The SMILES string of the molecule is [CH](C=Cc1ccccc1)Cc1ccc2c(c1)OCO2. The minimum Gasteiger partial charge on any atom is -0.454 e. The van der Waals surface area contributed by atoms with Crippen molar-refractivity contribution in [3.05, 3.63) is 72.2 Å². The molecule has 2 nitrogen and oxygen atoms in total. The summed E-state index contributed by atoms with van der Waals surface area (Å²) in [4.78, 5) is 0. The molecule has 0 bridgehead atoms. The van der Waals surface area contributed by atoms with Crippen LogP contribution in [0.3, 0.4) is 0 Å². The van der Waals surface area contributed by atoms with E-state index in [1.807, 2.05) is 30.3 Å². The van der Waals surface area contributed by atoms with Crippen LogP contribution >= 0.6 is 0 Å². The summed E-state index contributed by atoms with van der Waals surface area (Å²) < 4.78 is 10.7. The lowest BCUT2D eigenvalue weighted by atomic mass is 10.1. The van der Waals surface area contributed by atoms with Crippen molar-refractivity contribution in [3.63, 3.8) is 0 Å². The maximum Gasteiger partial charge on any atom is 0.231 e. The van der Waals surface area contributed by atoms with E-state index in [0.29, 0.717) is 6.79 Å². The fourth-order valence-corrected chi connectivity index (χ4v) is 2.02. The first kappa shape index (κ1) is 11.8. The molecule has 1 aliphatic heterocycles. The highest BCUT2D eigenvalue weighted by Gasteiger charge is 2.12. The van der Waals surface area contributed by atoms with Gasteiger partial charge in [0.2, 0.25) is 6.79 Å². The maximum atomic E-state index is 5.36.